The van der Waals surface area contributed by atoms with E-state index in [4.69, 9.17) is 5.11 Å². The Hall–Kier alpha value is -0.850. The maximum absolute atomic E-state index is 12.3. The summed E-state index contributed by atoms with van der Waals surface area (Å²) in [6, 6.07) is 0.279. The summed E-state index contributed by atoms with van der Waals surface area (Å²) in [5.41, 5.74) is 0. The lowest BCUT2D eigenvalue weighted by Crippen LogP contribution is -2.49. The highest BCUT2D eigenvalue weighted by Gasteiger charge is 2.25. The van der Waals surface area contributed by atoms with Crippen LogP contribution in [0.2, 0.25) is 0 Å². The number of hydrogen-bond acceptors (Lipinski definition) is 4. The average Bonchev–Trinajstić information content (AvgIpc) is 2.57. The quantitative estimate of drug-likeness (QED) is 0.684. The SMILES string of the molecule is CN1CCN(CCCCNC(=O)N2CCCCC2CCO)CC1. The third-order valence-electron chi connectivity index (χ3n) is 5.12. The van der Waals surface area contributed by atoms with E-state index in [1.54, 1.807) is 0 Å². The second-order valence-corrected chi connectivity index (χ2v) is 6.94. The Balaban J connectivity index is 1.57. The molecular weight excluding hydrogens is 292 g/mol. The molecule has 2 fully saturated rings. The van der Waals surface area contributed by atoms with E-state index in [2.05, 4.69) is 22.2 Å². The molecule has 23 heavy (non-hydrogen) atoms. The zero-order chi connectivity index (χ0) is 16.5. The van der Waals surface area contributed by atoms with E-state index in [0.717, 1.165) is 58.4 Å². The topological polar surface area (TPSA) is 59.0 Å². The highest BCUT2D eigenvalue weighted by Crippen LogP contribution is 2.19. The predicted octanol–water partition coefficient (Wildman–Crippen LogP) is 0.961. The predicted molar refractivity (Wildman–Crippen MR) is 92.6 cm³/mol. The number of rotatable bonds is 7. The van der Waals surface area contributed by atoms with Gasteiger partial charge in [0.05, 0.1) is 0 Å². The number of urea groups is 1. The van der Waals surface area contributed by atoms with Gasteiger partial charge < -0.3 is 25.1 Å². The first kappa shape index (κ1) is 18.5. The first-order valence-electron chi connectivity index (χ1n) is 9.27. The summed E-state index contributed by atoms with van der Waals surface area (Å²) in [6.45, 7) is 7.56. The normalized spacial score (nSPS) is 23.9. The van der Waals surface area contributed by atoms with E-state index in [1.807, 2.05) is 4.90 Å². The van der Waals surface area contributed by atoms with E-state index in [9.17, 15) is 4.79 Å². The molecule has 134 valence electrons. The number of nitrogens with one attached hydrogen (secondary N) is 1. The molecule has 6 heteroatoms. The van der Waals surface area contributed by atoms with E-state index < -0.39 is 0 Å². The molecule has 0 saturated carbocycles. The second kappa shape index (κ2) is 10.1. The Kier molecular flexibility index (Phi) is 8.12. The number of hydrogen-bond donors (Lipinski definition) is 2. The van der Waals surface area contributed by atoms with Gasteiger partial charge in [0.1, 0.15) is 0 Å². The van der Waals surface area contributed by atoms with Gasteiger partial charge in [0.2, 0.25) is 0 Å². The fourth-order valence-electron chi connectivity index (χ4n) is 3.55. The molecule has 2 amide bonds. The summed E-state index contributed by atoms with van der Waals surface area (Å²) in [7, 11) is 2.18. The molecule has 0 aromatic carbocycles. The van der Waals surface area contributed by atoms with Gasteiger partial charge in [0.15, 0.2) is 0 Å². The minimum Gasteiger partial charge on any atom is -0.396 e. The zero-order valence-electron chi connectivity index (χ0n) is 14.7. The second-order valence-electron chi connectivity index (χ2n) is 6.94. The maximum Gasteiger partial charge on any atom is 0.317 e. The van der Waals surface area contributed by atoms with Crippen LogP contribution in [0.4, 0.5) is 4.79 Å². The van der Waals surface area contributed by atoms with Crippen molar-refractivity contribution >= 4 is 6.03 Å². The summed E-state index contributed by atoms with van der Waals surface area (Å²) in [4.78, 5) is 19.1. The molecule has 2 rings (SSSR count). The molecule has 2 heterocycles. The Labute approximate surface area is 140 Å². The number of likely N-dealkylation sites (N-methyl/N-ethyl adjacent to an activating group) is 1. The van der Waals surface area contributed by atoms with Gasteiger partial charge in [-0.15, -0.1) is 0 Å². The van der Waals surface area contributed by atoms with Gasteiger partial charge in [-0.2, -0.15) is 0 Å². The van der Waals surface area contributed by atoms with Gasteiger partial charge in [-0.05, 0) is 52.1 Å². The molecule has 2 N–H and O–H groups in total. The molecule has 1 atom stereocenters. The van der Waals surface area contributed by atoms with E-state index >= 15 is 0 Å². The van der Waals surface area contributed by atoms with Crippen molar-refractivity contribution < 1.29 is 9.90 Å². The first-order valence-corrected chi connectivity index (χ1v) is 9.27. The van der Waals surface area contributed by atoms with Gasteiger partial charge in [-0.3, -0.25) is 0 Å². The van der Waals surface area contributed by atoms with Crippen molar-refractivity contribution in [3.05, 3.63) is 0 Å². The third kappa shape index (κ3) is 6.28. The fourth-order valence-corrected chi connectivity index (χ4v) is 3.55. The van der Waals surface area contributed by atoms with Gasteiger partial charge in [-0.25, -0.2) is 4.79 Å². The minimum absolute atomic E-state index is 0.0581. The Bertz CT molecular complexity index is 343. The standard InChI is InChI=1S/C17H34N4O2/c1-19-11-13-20(14-12-19)9-5-3-8-18-17(23)21-10-4-2-6-16(21)7-15-22/h16,22H,2-15H2,1H3,(H,18,23). The van der Waals surface area contributed by atoms with Crippen molar-refractivity contribution in [2.75, 3.05) is 59.5 Å². The number of amides is 2. The van der Waals surface area contributed by atoms with Crippen LogP contribution >= 0.6 is 0 Å². The van der Waals surface area contributed by atoms with E-state index in [0.29, 0.717) is 6.42 Å². The van der Waals surface area contributed by atoms with Crippen LogP contribution in [-0.4, -0.2) is 91.3 Å². The molecule has 0 bridgehead atoms. The number of piperidine rings is 1. The van der Waals surface area contributed by atoms with E-state index in [1.165, 1.54) is 19.5 Å². The molecule has 2 aliphatic rings. The molecule has 2 aliphatic heterocycles. The average molecular weight is 326 g/mol. The third-order valence-corrected chi connectivity index (χ3v) is 5.12. The van der Waals surface area contributed by atoms with Crippen molar-refractivity contribution in [3.63, 3.8) is 0 Å². The number of carbonyl (C=O) groups is 1. The van der Waals surface area contributed by atoms with Crippen LogP contribution in [0.1, 0.15) is 38.5 Å². The van der Waals surface area contributed by atoms with Crippen LogP contribution in [0, 0.1) is 0 Å². The number of nitrogens with zero attached hydrogens (tertiary/aromatic N) is 3. The Morgan fingerprint density at radius 2 is 1.91 bits per heavy atom. The Morgan fingerprint density at radius 1 is 1.13 bits per heavy atom. The first-order chi connectivity index (χ1) is 11.2. The summed E-state index contributed by atoms with van der Waals surface area (Å²) in [6.07, 6.45) is 6.16. The molecule has 0 spiro atoms. The zero-order valence-corrected chi connectivity index (χ0v) is 14.7. The molecule has 6 nitrogen and oxygen atoms in total. The minimum atomic E-state index is 0.0581. The number of likely N-dealkylation sites (tertiary alicyclic amines) is 1. The van der Waals surface area contributed by atoms with Crippen molar-refractivity contribution in [2.24, 2.45) is 0 Å². The lowest BCUT2D eigenvalue weighted by Gasteiger charge is -2.35. The van der Waals surface area contributed by atoms with Crippen molar-refractivity contribution in [3.8, 4) is 0 Å². The van der Waals surface area contributed by atoms with Crippen molar-refractivity contribution in [2.45, 2.75) is 44.6 Å². The molecule has 1 unspecified atom stereocenters. The lowest BCUT2D eigenvalue weighted by molar-refractivity contribution is 0.131. The van der Waals surface area contributed by atoms with Crippen molar-refractivity contribution in [1.29, 1.82) is 0 Å². The molecule has 0 aromatic heterocycles. The number of piperazine rings is 1. The van der Waals surface area contributed by atoms with Gasteiger partial charge in [0, 0.05) is 51.9 Å². The molecule has 2 saturated heterocycles. The van der Waals surface area contributed by atoms with Gasteiger partial charge >= 0.3 is 6.03 Å². The van der Waals surface area contributed by atoms with Crippen LogP contribution in [0.5, 0.6) is 0 Å². The summed E-state index contributed by atoms with van der Waals surface area (Å²) in [5.74, 6) is 0. The van der Waals surface area contributed by atoms with Crippen LogP contribution in [-0.2, 0) is 0 Å². The molecular formula is C17H34N4O2. The summed E-state index contributed by atoms with van der Waals surface area (Å²) in [5, 5.41) is 12.2. The monoisotopic (exact) mass is 326 g/mol. The molecule has 0 aliphatic carbocycles. The van der Waals surface area contributed by atoms with E-state index in [-0.39, 0.29) is 18.7 Å². The molecule has 0 aromatic rings. The van der Waals surface area contributed by atoms with Crippen LogP contribution in [0.15, 0.2) is 0 Å². The largest absolute Gasteiger partial charge is 0.396 e. The highest BCUT2D eigenvalue weighted by molar-refractivity contribution is 5.74. The van der Waals surface area contributed by atoms with Gasteiger partial charge in [-0.1, -0.05) is 0 Å². The van der Waals surface area contributed by atoms with Crippen LogP contribution in [0.3, 0.4) is 0 Å². The number of unbranched alkanes of at least 4 members (excludes halogenated alkanes) is 1. The van der Waals surface area contributed by atoms with Crippen LogP contribution in [0.25, 0.3) is 0 Å². The summed E-state index contributed by atoms with van der Waals surface area (Å²) >= 11 is 0. The van der Waals surface area contributed by atoms with Crippen LogP contribution < -0.4 is 5.32 Å². The number of aliphatic hydroxyl groups excluding tert-OH is 1. The fraction of sp³-hybridized carbons (Fsp3) is 0.941. The Morgan fingerprint density at radius 3 is 2.65 bits per heavy atom. The smallest absolute Gasteiger partial charge is 0.317 e. The number of carbonyl (C=O) groups excluding carboxylic acids is 1. The summed E-state index contributed by atoms with van der Waals surface area (Å²) < 4.78 is 0. The molecule has 0 radical (unpaired) electrons. The lowest BCUT2D eigenvalue weighted by atomic mass is 10.0. The van der Waals surface area contributed by atoms with Gasteiger partial charge in [0.25, 0.3) is 0 Å². The maximum atomic E-state index is 12.3. The highest BCUT2D eigenvalue weighted by atomic mass is 16.3. The van der Waals surface area contributed by atoms with Crippen molar-refractivity contribution in [1.82, 2.24) is 20.0 Å². The number of aliphatic hydroxyl groups is 1.